The summed E-state index contributed by atoms with van der Waals surface area (Å²) in [6, 6.07) is 21.2. The van der Waals surface area contributed by atoms with Crippen LogP contribution in [0.3, 0.4) is 0 Å². The first kappa shape index (κ1) is 34.0. The molecule has 0 aliphatic carbocycles. The van der Waals surface area contributed by atoms with Crippen molar-refractivity contribution in [3.05, 3.63) is 96.7 Å². The molecule has 1 heterocycles. The smallest absolute Gasteiger partial charge is 0.323 e. The van der Waals surface area contributed by atoms with E-state index < -0.39 is 11.6 Å². The highest BCUT2D eigenvalue weighted by Crippen LogP contribution is 2.37. The number of pyridine rings is 1. The van der Waals surface area contributed by atoms with Crippen LogP contribution in [0.2, 0.25) is 0 Å². The van der Waals surface area contributed by atoms with Crippen LogP contribution < -0.4 is 24.8 Å². The second-order valence-electron chi connectivity index (χ2n) is 11.8. The second-order valence-corrected chi connectivity index (χ2v) is 11.8. The summed E-state index contributed by atoms with van der Waals surface area (Å²) in [5.74, 6) is 1.84. The number of ether oxygens (including phenoxy) is 4. The second kappa shape index (κ2) is 15.9. The molecule has 1 aromatic heterocycles. The highest BCUT2D eigenvalue weighted by Gasteiger charge is 2.25. The van der Waals surface area contributed by atoms with Gasteiger partial charge < -0.3 is 29.6 Å². The van der Waals surface area contributed by atoms with E-state index in [0.29, 0.717) is 65.8 Å². The first-order chi connectivity index (χ1) is 22.1. The molecule has 1 atom stereocenters. The van der Waals surface area contributed by atoms with Crippen molar-refractivity contribution in [2.24, 2.45) is 0 Å². The van der Waals surface area contributed by atoms with Crippen LogP contribution in [0.4, 0.5) is 5.69 Å². The van der Waals surface area contributed by atoms with Crippen molar-refractivity contribution in [2.75, 3.05) is 25.6 Å². The summed E-state index contributed by atoms with van der Waals surface area (Å²) < 4.78 is 23.5. The van der Waals surface area contributed by atoms with Gasteiger partial charge in [-0.05, 0) is 95.1 Å². The van der Waals surface area contributed by atoms with Crippen LogP contribution in [0, 0.1) is 0 Å². The van der Waals surface area contributed by atoms with Crippen molar-refractivity contribution in [3.8, 4) is 23.0 Å². The fourth-order valence-electron chi connectivity index (χ4n) is 4.59. The number of methoxy groups -OCH3 is 1. The average Bonchev–Trinajstić information content (AvgIpc) is 3.04. The molecule has 2 N–H and O–H groups in total. The molecule has 9 nitrogen and oxygen atoms in total. The Bertz CT molecular complexity index is 1630. The van der Waals surface area contributed by atoms with Crippen LogP contribution in [0.5, 0.6) is 23.0 Å². The van der Waals surface area contributed by atoms with Gasteiger partial charge in [-0.15, -0.1) is 0 Å². The highest BCUT2D eigenvalue weighted by atomic mass is 16.6. The summed E-state index contributed by atoms with van der Waals surface area (Å²) in [5.41, 5.74) is 2.35. The molecule has 0 fully saturated rings. The van der Waals surface area contributed by atoms with E-state index in [1.807, 2.05) is 58.0 Å². The van der Waals surface area contributed by atoms with Crippen molar-refractivity contribution in [1.29, 1.82) is 0 Å². The zero-order chi connectivity index (χ0) is 33.1. The third-order valence-electron chi connectivity index (χ3n) is 7.02. The number of hydrogen-bond acceptors (Lipinski definition) is 8. The number of carbonyl (C=O) groups excluding carboxylic acids is 2. The number of nitrogens with zero attached hydrogens (tertiary/aromatic N) is 1. The molecule has 3 aromatic carbocycles. The van der Waals surface area contributed by atoms with Crippen LogP contribution in [0.1, 0.15) is 57.3 Å². The lowest BCUT2D eigenvalue weighted by Crippen LogP contribution is -2.42. The van der Waals surface area contributed by atoms with E-state index in [1.54, 1.807) is 55.8 Å². The van der Waals surface area contributed by atoms with E-state index in [0.717, 1.165) is 17.4 Å². The van der Waals surface area contributed by atoms with Crippen molar-refractivity contribution in [2.45, 2.75) is 58.6 Å². The summed E-state index contributed by atoms with van der Waals surface area (Å²) in [5, 5.41) is 6.95. The number of esters is 1. The van der Waals surface area contributed by atoms with Gasteiger partial charge in [-0.3, -0.25) is 14.6 Å². The molecule has 4 aromatic rings. The molecule has 0 radical (unpaired) electrons. The SMILES string of the molecule is C=C(CC)C[C@H](NCCCOc1cc2nccc(Oc3ccc(NC(=O)c4ccccc4)cc3)c2cc1OC)C(=O)OC(C)(C)C. The molecule has 1 amide bonds. The zero-order valence-electron chi connectivity index (χ0n) is 27.2. The van der Waals surface area contributed by atoms with Gasteiger partial charge in [0.2, 0.25) is 0 Å². The molecular weight excluding hydrogens is 582 g/mol. The van der Waals surface area contributed by atoms with E-state index >= 15 is 0 Å². The van der Waals surface area contributed by atoms with Gasteiger partial charge in [-0.2, -0.15) is 0 Å². The predicted molar refractivity (Wildman–Crippen MR) is 181 cm³/mol. The lowest BCUT2D eigenvalue weighted by atomic mass is 10.1. The minimum absolute atomic E-state index is 0.181. The number of benzene rings is 3. The molecule has 0 unspecified atom stereocenters. The van der Waals surface area contributed by atoms with Gasteiger partial charge in [0, 0.05) is 28.9 Å². The normalized spacial score (nSPS) is 11.8. The maximum Gasteiger partial charge on any atom is 0.323 e. The molecule has 4 rings (SSSR count). The van der Waals surface area contributed by atoms with Gasteiger partial charge in [0.15, 0.2) is 11.5 Å². The Morgan fingerprint density at radius 1 is 0.957 bits per heavy atom. The number of hydrogen-bond donors (Lipinski definition) is 2. The van der Waals surface area contributed by atoms with Gasteiger partial charge in [0.25, 0.3) is 5.91 Å². The Labute approximate surface area is 270 Å². The van der Waals surface area contributed by atoms with E-state index in [4.69, 9.17) is 18.9 Å². The maximum atomic E-state index is 12.7. The number of carbonyl (C=O) groups is 2. The molecule has 0 bridgehead atoms. The van der Waals surface area contributed by atoms with Gasteiger partial charge in [0.05, 0.1) is 19.2 Å². The first-order valence-electron chi connectivity index (χ1n) is 15.4. The Kier molecular flexibility index (Phi) is 11.8. The molecule has 242 valence electrons. The Morgan fingerprint density at radius 3 is 2.37 bits per heavy atom. The summed E-state index contributed by atoms with van der Waals surface area (Å²) in [6.07, 6.45) is 3.65. The van der Waals surface area contributed by atoms with Crippen molar-refractivity contribution >= 4 is 28.5 Å². The van der Waals surface area contributed by atoms with Crippen molar-refractivity contribution < 1.29 is 28.5 Å². The lowest BCUT2D eigenvalue weighted by molar-refractivity contribution is -0.157. The maximum absolute atomic E-state index is 12.7. The van der Waals surface area contributed by atoms with Crippen LogP contribution >= 0.6 is 0 Å². The molecule has 0 aliphatic heterocycles. The molecule has 0 spiro atoms. The number of fused-ring (bicyclic) bond motifs is 1. The van der Waals surface area contributed by atoms with Crippen LogP contribution in [0.15, 0.2) is 91.1 Å². The number of aromatic nitrogens is 1. The quantitative estimate of drug-likeness (QED) is 0.0786. The third-order valence-corrected chi connectivity index (χ3v) is 7.02. The number of amides is 1. The fraction of sp³-hybridized carbons (Fsp3) is 0.324. The third kappa shape index (κ3) is 9.81. The van der Waals surface area contributed by atoms with E-state index in [9.17, 15) is 9.59 Å². The van der Waals surface area contributed by atoms with Crippen LogP contribution in [0.25, 0.3) is 10.9 Å². The van der Waals surface area contributed by atoms with Gasteiger partial charge >= 0.3 is 5.97 Å². The average molecular weight is 626 g/mol. The minimum Gasteiger partial charge on any atom is -0.493 e. The molecule has 0 aliphatic rings. The molecule has 9 heteroatoms. The van der Waals surface area contributed by atoms with Gasteiger partial charge in [-0.25, -0.2) is 0 Å². The summed E-state index contributed by atoms with van der Waals surface area (Å²) >= 11 is 0. The predicted octanol–water partition coefficient (Wildman–Crippen LogP) is 7.71. The number of rotatable bonds is 15. The van der Waals surface area contributed by atoms with Crippen molar-refractivity contribution in [3.63, 3.8) is 0 Å². The fourth-order valence-corrected chi connectivity index (χ4v) is 4.59. The van der Waals surface area contributed by atoms with E-state index in [2.05, 4.69) is 22.2 Å². The Morgan fingerprint density at radius 2 is 1.70 bits per heavy atom. The summed E-state index contributed by atoms with van der Waals surface area (Å²) in [7, 11) is 1.58. The number of nitrogens with one attached hydrogen (secondary N) is 2. The summed E-state index contributed by atoms with van der Waals surface area (Å²) in [4.78, 5) is 29.7. The largest absolute Gasteiger partial charge is 0.493 e. The summed E-state index contributed by atoms with van der Waals surface area (Å²) in [6.45, 7) is 12.6. The topological polar surface area (TPSA) is 108 Å². The van der Waals surface area contributed by atoms with Crippen LogP contribution in [-0.4, -0.2) is 48.8 Å². The molecule has 46 heavy (non-hydrogen) atoms. The monoisotopic (exact) mass is 625 g/mol. The minimum atomic E-state index is -0.564. The number of anilines is 1. The molecule has 0 saturated carbocycles. The van der Waals surface area contributed by atoms with E-state index in [1.165, 1.54) is 0 Å². The van der Waals surface area contributed by atoms with E-state index in [-0.39, 0.29) is 11.9 Å². The Balaban J connectivity index is 1.37. The molecule has 0 saturated heterocycles. The Hall–Kier alpha value is -4.89. The van der Waals surface area contributed by atoms with Crippen molar-refractivity contribution in [1.82, 2.24) is 10.3 Å². The standard InChI is InChI=1S/C37H43N3O6/c1-7-25(2)22-31(36(42)46-37(3,4)5)38-19-11-21-44-34-24-30-29(23-33(34)43-6)32(18-20-39-30)45-28-16-14-27(15-17-28)40-35(41)26-12-9-8-10-13-26/h8-10,12-18,20,23-24,31,38H,2,7,11,19,21-22H2,1,3-6H3,(H,40,41)/t31-/m0/s1. The van der Waals surface area contributed by atoms with Gasteiger partial charge in [-0.1, -0.05) is 37.3 Å². The van der Waals surface area contributed by atoms with Gasteiger partial charge in [0.1, 0.15) is 23.1 Å². The highest BCUT2D eigenvalue weighted by molar-refractivity contribution is 6.04. The first-order valence-corrected chi connectivity index (χ1v) is 15.4. The zero-order valence-corrected chi connectivity index (χ0v) is 27.2. The molecular formula is C37H43N3O6. The van der Waals surface area contributed by atoms with Crippen LogP contribution in [-0.2, 0) is 9.53 Å². The lowest BCUT2D eigenvalue weighted by Gasteiger charge is -2.25.